The monoisotopic (exact) mass is 314 g/mol. The van der Waals surface area contributed by atoms with E-state index in [1.807, 2.05) is 25.1 Å². The summed E-state index contributed by atoms with van der Waals surface area (Å²) in [4.78, 5) is 11.2. The van der Waals surface area contributed by atoms with Crippen molar-refractivity contribution >= 4 is 21.8 Å². The van der Waals surface area contributed by atoms with Gasteiger partial charge in [0.05, 0.1) is 11.6 Å². The molecule has 4 nitrogen and oxygen atoms in total. The Morgan fingerprint density at radius 1 is 1.44 bits per heavy atom. The molecule has 0 saturated carbocycles. The molecule has 5 heteroatoms. The molecule has 100 valence electrons. The summed E-state index contributed by atoms with van der Waals surface area (Å²) in [5.74, 6) is 0.905. The minimum Gasteiger partial charge on any atom is -0.496 e. The van der Waals surface area contributed by atoms with Gasteiger partial charge in [-0.3, -0.25) is 4.79 Å². The van der Waals surface area contributed by atoms with Crippen LogP contribution in [0, 0.1) is 0 Å². The molecule has 0 unspecified atom stereocenters. The molecule has 0 aromatic heterocycles. The minimum atomic E-state index is 0.0842. The number of hydrogen-bond acceptors (Lipinski definition) is 3. The Hall–Kier alpha value is -1.07. The maximum absolute atomic E-state index is 11.2. The summed E-state index contributed by atoms with van der Waals surface area (Å²) in [6, 6.07) is 5.94. The summed E-state index contributed by atoms with van der Waals surface area (Å²) in [6.07, 6.45) is 0.505. The highest BCUT2D eigenvalue weighted by Gasteiger charge is 2.02. The molecule has 0 bridgehead atoms. The van der Waals surface area contributed by atoms with Gasteiger partial charge in [0.2, 0.25) is 5.91 Å². The average molecular weight is 315 g/mol. The molecule has 0 aliphatic carbocycles. The normalized spacial score (nSPS) is 10.2. The lowest BCUT2D eigenvalue weighted by Crippen LogP contribution is -2.27. The number of halogens is 1. The number of benzene rings is 1. The molecule has 0 radical (unpaired) electrons. The number of methoxy groups -OCH3 is 1. The van der Waals surface area contributed by atoms with Crippen LogP contribution in [0.3, 0.4) is 0 Å². The first kappa shape index (κ1) is 15.0. The third-order valence-corrected chi connectivity index (χ3v) is 3.07. The Labute approximate surface area is 116 Å². The van der Waals surface area contributed by atoms with Crippen molar-refractivity contribution in [3.05, 3.63) is 28.2 Å². The Bertz CT molecular complexity index is 397. The highest BCUT2D eigenvalue weighted by Crippen LogP contribution is 2.25. The topological polar surface area (TPSA) is 50.4 Å². The zero-order chi connectivity index (χ0) is 13.4. The van der Waals surface area contributed by atoms with Crippen LogP contribution in [-0.2, 0) is 11.3 Å². The Morgan fingerprint density at radius 3 is 2.83 bits per heavy atom. The van der Waals surface area contributed by atoms with Gasteiger partial charge in [0.1, 0.15) is 5.75 Å². The van der Waals surface area contributed by atoms with Crippen molar-refractivity contribution < 1.29 is 9.53 Å². The minimum absolute atomic E-state index is 0.0842. The number of hydrogen-bond donors (Lipinski definition) is 2. The Morgan fingerprint density at radius 2 is 2.22 bits per heavy atom. The standard InChI is InChI=1S/C13H19BrN2O2/c1-3-16-13(17)6-7-15-9-10-4-5-12(18-2)11(14)8-10/h4-5,8,15H,3,6-7,9H2,1-2H3,(H,16,17). The molecule has 0 atom stereocenters. The molecule has 1 amide bonds. The predicted octanol–water partition coefficient (Wildman–Crippen LogP) is 2.07. The van der Waals surface area contributed by atoms with E-state index in [4.69, 9.17) is 4.74 Å². The maximum atomic E-state index is 11.2. The van der Waals surface area contributed by atoms with E-state index in [0.29, 0.717) is 19.5 Å². The van der Waals surface area contributed by atoms with E-state index in [1.165, 1.54) is 0 Å². The first-order chi connectivity index (χ1) is 8.67. The molecular formula is C13H19BrN2O2. The highest BCUT2D eigenvalue weighted by molar-refractivity contribution is 9.10. The lowest BCUT2D eigenvalue weighted by atomic mass is 10.2. The van der Waals surface area contributed by atoms with E-state index in [9.17, 15) is 4.79 Å². The van der Waals surface area contributed by atoms with Crippen molar-refractivity contribution in [2.75, 3.05) is 20.2 Å². The van der Waals surface area contributed by atoms with Gasteiger partial charge in [-0.2, -0.15) is 0 Å². The predicted molar refractivity (Wildman–Crippen MR) is 75.7 cm³/mol. The SMILES string of the molecule is CCNC(=O)CCNCc1ccc(OC)c(Br)c1. The Kier molecular flexibility index (Phi) is 6.75. The summed E-state index contributed by atoms with van der Waals surface area (Å²) in [5.41, 5.74) is 1.15. The number of carbonyl (C=O) groups is 1. The van der Waals surface area contributed by atoms with E-state index < -0.39 is 0 Å². The Balaban J connectivity index is 2.31. The number of nitrogens with one attached hydrogen (secondary N) is 2. The fourth-order valence-corrected chi connectivity index (χ4v) is 2.13. The van der Waals surface area contributed by atoms with Gasteiger partial charge in [-0.1, -0.05) is 6.07 Å². The van der Waals surface area contributed by atoms with Crippen LogP contribution < -0.4 is 15.4 Å². The first-order valence-electron chi connectivity index (χ1n) is 5.97. The van der Waals surface area contributed by atoms with Crippen LogP contribution in [0.5, 0.6) is 5.75 Å². The van der Waals surface area contributed by atoms with Crippen LogP contribution in [-0.4, -0.2) is 26.1 Å². The third-order valence-electron chi connectivity index (χ3n) is 2.45. The van der Waals surface area contributed by atoms with Crippen molar-refractivity contribution in [1.82, 2.24) is 10.6 Å². The molecular weight excluding hydrogens is 296 g/mol. The summed E-state index contributed by atoms with van der Waals surface area (Å²) in [5, 5.41) is 6.00. The van der Waals surface area contributed by atoms with E-state index >= 15 is 0 Å². The van der Waals surface area contributed by atoms with Crippen molar-refractivity contribution in [1.29, 1.82) is 0 Å². The number of rotatable bonds is 7. The average Bonchev–Trinajstić information content (AvgIpc) is 2.35. The van der Waals surface area contributed by atoms with E-state index in [2.05, 4.69) is 26.6 Å². The van der Waals surface area contributed by atoms with Crippen LogP contribution in [0.1, 0.15) is 18.9 Å². The lowest BCUT2D eigenvalue weighted by Gasteiger charge is -2.08. The van der Waals surface area contributed by atoms with Gasteiger partial charge in [-0.15, -0.1) is 0 Å². The second-order valence-corrected chi connectivity index (χ2v) is 4.70. The molecule has 1 aromatic carbocycles. The molecule has 0 saturated heterocycles. The molecule has 1 rings (SSSR count). The summed E-state index contributed by atoms with van der Waals surface area (Å²) in [6.45, 7) is 4.02. The van der Waals surface area contributed by atoms with Crippen molar-refractivity contribution in [3.63, 3.8) is 0 Å². The lowest BCUT2D eigenvalue weighted by molar-refractivity contribution is -0.120. The second-order valence-electron chi connectivity index (χ2n) is 3.85. The highest BCUT2D eigenvalue weighted by atomic mass is 79.9. The molecule has 0 heterocycles. The summed E-state index contributed by atoms with van der Waals surface area (Å²) in [7, 11) is 1.64. The van der Waals surface area contributed by atoms with E-state index in [0.717, 1.165) is 22.3 Å². The molecule has 0 aliphatic heterocycles. The third kappa shape index (κ3) is 5.06. The van der Waals surface area contributed by atoms with Crippen LogP contribution in [0.15, 0.2) is 22.7 Å². The van der Waals surface area contributed by atoms with Gasteiger partial charge in [0.25, 0.3) is 0 Å². The van der Waals surface area contributed by atoms with Crippen LogP contribution in [0.2, 0.25) is 0 Å². The molecule has 0 aliphatic rings. The van der Waals surface area contributed by atoms with Crippen molar-refractivity contribution in [3.8, 4) is 5.75 Å². The van der Waals surface area contributed by atoms with Gasteiger partial charge in [0, 0.05) is 26.1 Å². The smallest absolute Gasteiger partial charge is 0.221 e. The molecule has 18 heavy (non-hydrogen) atoms. The number of carbonyl (C=O) groups excluding carboxylic acids is 1. The fraction of sp³-hybridized carbons (Fsp3) is 0.462. The largest absolute Gasteiger partial charge is 0.496 e. The second kappa shape index (κ2) is 8.11. The van der Waals surface area contributed by atoms with Gasteiger partial charge in [0.15, 0.2) is 0 Å². The van der Waals surface area contributed by atoms with Gasteiger partial charge in [-0.05, 0) is 40.5 Å². The van der Waals surface area contributed by atoms with E-state index in [-0.39, 0.29) is 5.91 Å². The van der Waals surface area contributed by atoms with Crippen LogP contribution >= 0.6 is 15.9 Å². The van der Waals surface area contributed by atoms with Crippen molar-refractivity contribution in [2.45, 2.75) is 19.9 Å². The maximum Gasteiger partial charge on any atom is 0.221 e. The molecule has 0 spiro atoms. The van der Waals surface area contributed by atoms with Crippen LogP contribution in [0.25, 0.3) is 0 Å². The molecule has 2 N–H and O–H groups in total. The van der Waals surface area contributed by atoms with Gasteiger partial charge in [-0.25, -0.2) is 0 Å². The summed E-state index contributed by atoms with van der Waals surface area (Å²) < 4.78 is 6.10. The fourth-order valence-electron chi connectivity index (χ4n) is 1.54. The van der Waals surface area contributed by atoms with Crippen molar-refractivity contribution in [2.24, 2.45) is 0 Å². The molecule has 0 fully saturated rings. The first-order valence-corrected chi connectivity index (χ1v) is 6.76. The van der Waals surface area contributed by atoms with Gasteiger partial charge >= 0.3 is 0 Å². The summed E-state index contributed by atoms with van der Waals surface area (Å²) >= 11 is 3.44. The number of ether oxygens (including phenoxy) is 1. The molecule has 1 aromatic rings. The quantitative estimate of drug-likeness (QED) is 0.758. The zero-order valence-corrected chi connectivity index (χ0v) is 12.3. The number of amides is 1. The van der Waals surface area contributed by atoms with E-state index in [1.54, 1.807) is 7.11 Å². The van der Waals surface area contributed by atoms with Gasteiger partial charge < -0.3 is 15.4 Å². The van der Waals surface area contributed by atoms with Crippen LogP contribution in [0.4, 0.5) is 0 Å². The zero-order valence-electron chi connectivity index (χ0n) is 10.8.